The van der Waals surface area contributed by atoms with Gasteiger partial charge in [0.1, 0.15) is 11.6 Å². The fourth-order valence-electron chi connectivity index (χ4n) is 3.28. The average molecular weight is 364 g/mol. The summed E-state index contributed by atoms with van der Waals surface area (Å²) in [4.78, 5) is 21.3. The van der Waals surface area contributed by atoms with Crippen molar-refractivity contribution in [3.8, 4) is 11.6 Å². The van der Waals surface area contributed by atoms with Crippen LogP contribution in [0.1, 0.15) is 28.5 Å². The second-order valence-corrected chi connectivity index (χ2v) is 6.13. The first-order valence-corrected chi connectivity index (χ1v) is 8.85. The Morgan fingerprint density at radius 3 is 2.93 bits per heavy atom. The third-order valence-corrected chi connectivity index (χ3v) is 4.54. The highest BCUT2D eigenvalue weighted by molar-refractivity contribution is 5.91. The van der Waals surface area contributed by atoms with Crippen LogP contribution in [0.3, 0.4) is 0 Å². The number of nitrogens with one attached hydrogen (secondary N) is 1. The SMILES string of the molecule is CCOC(=O)c1ccn2c1CCc1cnc(Nc3ccccc3OC)nc1-2. The van der Waals surface area contributed by atoms with Crippen molar-refractivity contribution in [1.29, 1.82) is 0 Å². The van der Waals surface area contributed by atoms with Crippen LogP contribution in [0.5, 0.6) is 5.75 Å². The monoisotopic (exact) mass is 364 g/mol. The standard InChI is InChI=1S/C20H20N4O3/c1-3-27-19(25)14-10-11-24-16(14)9-8-13-12-21-20(23-18(13)24)22-15-6-4-5-7-17(15)26-2/h4-7,10-12H,3,8-9H2,1-2H3,(H,21,22,23). The fraction of sp³-hybridized carbons (Fsp3) is 0.250. The normalized spacial score (nSPS) is 12.1. The maximum Gasteiger partial charge on any atom is 0.339 e. The number of esters is 1. The molecule has 2 aromatic heterocycles. The molecule has 4 rings (SSSR count). The van der Waals surface area contributed by atoms with Gasteiger partial charge in [-0.05, 0) is 38.0 Å². The highest BCUT2D eigenvalue weighted by atomic mass is 16.5. The molecule has 7 heteroatoms. The minimum Gasteiger partial charge on any atom is -0.495 e. The Morgan fingerprint density at radius 1 is 1.26 bits per heavy atom. The Kier molecular flexibility index (Phi) is 4.50. The zero-order valence-electron chi connectivity index (χ0n) is 15.2. The molecule has 7 nitrogen and oxygen atoms in total. The van der Waals surface area contributed by atoms with E-state index >= 15 is 0 Å². The van der Waals surface area contributed by atoms with Crippen LogP contribution < -0.4 is 10.1 Å². The van der Waals surface area contributed by atoms with Gasteiger partial charge in [0.2, 0.25) is 5.95 Å². The molecular weight excluding hydrogens is 344 g/mol. The number of rotatable bonds is 5. The smallest absolute Gasteiger partial charge is 0.339 e. The Balaban J connectivity index is 1.69. The summed E-state index contributed by atoms with van der Waals surface area (Å²) in [6.45, 7) is 2.16. The van der Waals surface area contributed by atoms with Crippen LogP contribution in [0.25, 0.3) is 5.82 Å². The molecule has 0 saturated heterocycles. The minimum atomic E-state index is -0.295. The number of para-hydroxylation sites is 2. The number of aryl methyl sites for hydroxylation is 1. The van der Waals surface area contributed by atoms with Crippen molar-refractivity contribution in [2.24, 2.45) is 0 Å². The van der Waals surface area contributed by atoms with E-state index in [2.05, 4.69) is 15.3 Å². The number of ether oxygens (including phenoxy) is 2. The highest BCUT2D eigenvalue weighted by Gasteiger charge is 2.24. The molecule has 0 spiro atoms. The number of benzene rings is 1. The molecule has 0 bridgehead atoms. The van der Waals surface area contributed by atoms with Crippen LogP contribution in [-0.2, 0) is 17.6 Å². The number of hydrogen-bond donors (Lipinski definition) is 1. The maximum atomic E-state index is 12.2. The third-order valence-electron chi connectivity index (χ3n) is 4.54. The molecule has 0 aliphatic carbocycles. The Labute approximate surface area is 157 Å². The predicted octanol–water partition coefficient (Wildman–Crippen LogP) is 3.29. The fourth-order valence-corrected chi connectivity index (χ4v) is 3.28. The van der Waals surface area contributed by atoms with Gasteiger partial charge in [-0.1, -0.05) is 12.1 Å². The highest BCUT2D eigenvalue weighted by Crippen LogP contribution is 2.29. The second kappa shape index (κ2) is 7.11. The number of hydrogen-bond acceptors (Lipinski definition) is 6. The van der Waals surface area contributed by atoms with E-state index < -0.39 is 0 Å². The molecule has 0 saturated carbocycles. The zero-order chi connectivity index (χ0) is 18.8. The van der Waals surface area contributed by atoms with E-state index in [0.29, 0.717) is 23.9 Å². The molecule has 0 atom stereocenters. The van der Waals surface area contributed by atoms with Crippen molar-refractivity contribution in [3.63, 3.8) is 0 Å². The van der Waals surface area contributed by atoms with Gasteiger partial charge in [-0.2, -0.15) is 4.98 Å². The predicted molar refractivity (Wildman–Crippen MR) is 101 cm³/mol. The minimum absolute atomic E-state index is 0.295. The number of anilines is 2. The molecule has 1 aromatic carbocycles. The number of carbonyl (C=O) groups is 1. The van der Waals surface area contributed by atoms with Gasteiger partial charge in [0.25, 0.3) is 0 Å². The Bertz CT molecular complexity index is 997. The molecule has 3 heterocycles. The molecule has 1 aliphatic heterocycles. The summed E-state index contributed by atoms with van der Waals surface area (Å²) in [6.07, 6.45) is 5.21. The molecule has 0 unspecified atom stereocenters. The number of methoxy groups -OCH3 is 1. The van der Waals surface area contributed by atoms with Crippen LogP contribution >= 0.6 is 0 Å². The number of fused-ring (bicyclic) bond motifs is 3. The van der Waals surface area contributed by atoms with Gasteiger partial charge in [0, 0.05) is 23.7 Å². The lowest BCUT2D eigenvalue weighted by Crippen LogP contribution is -2.17. The van der Waals surface area contributed by atoms with Crippen molar-refractivity contribution in [3.05, 3.63) is 59.5 Å². The Hall–Kier alpha value is -3.35. The van der Waals surface area contributed by atoms with Gasteiger partial charge in [0.15, 0.2) is 0 Å². The van der Waals surface area contributed by atoms with Crippen molar-refractivity contribution < 1.29 is 14.3 Å². The summed E-state index contributed by atoms with van der Waals surface area (Å²) < 4.78 is 12.5. The van der Waals surface area contributed by atoms with E-state index in [1.165, 1.54) is 0 Å². The van der Waals surface area contributed by atoms with Crippen LogP contribution in [0.2, 0.25) is 0 Å². The summed E-state index contributed by atoms with van der Waals surface area (Å²) in [5.41, 5.74) is 3.35. The van der Waals surface area contributed by atoms with Gasteiger partial charge in [0.05, 0.1) is 25.0 Å². The summed E-state index contributed by atoms with van der Waals surface area (Å²) in [6, 6.07) is 9.38. The molecule has 3 aromatic rings. The molecule has 1 aliphatic rings. The molecule has 27 heavy (non-hydrogen) atoms. The van der Waals surface area contributed by atoms with E-state index in [4.69, 9.17) is 9.47 Å². The van der Waals surface area contributed by atoms with Gasteiger partial charge in [-0.3, -0.25) is 0 Å². The lowest BCUT2D eigenvalue weighted by molar-refractivity contribution is 0.0525. The van der Waals surface area contributed by atoms with E-state index in [-0.39, 0.29) is 5.97 Å². The van der Waals surface area contributed by atoms with Gasteiger partial charge in [-0.15, -0.1) is 0 Å². The average Bonchev–Trinajstić information content (AvgIpc) is 3.13. The third kappa shape index (κ3) is 3.12. The first-order chi connectivity index (χ1) is 13.2. The van der Waals surface area contributed by atoms with Crippen LogP contribution in [0, 0.1) is 0 Å². The van der Waals surface area contributed by atoms with E-state index in [9.17, 15) is 4.79 Å². The van der Waals surface area contributed by atoms with Crippen LogP contribution in [-0.4, -0.2) is 34.2 Å². The first kappa shape index (κ1) is 17.1. The van der Waals surface area contributed by atoms with Crippen molar-refractivity contribution in [2.45, 2.75) is 19.8 Å². The largest absolute Gasteiger partial charge is 0.495 e. The summed E-state index contributed by atoms with van der Waals surface area (Å²) in [5, 5.41) is 3.20. The van der Waals surface area contributed by atoms with Crippen molar-refractivity contribution in [1.82, 2.24) is 14.5 Å². The molecule has 1 N–H and O–H groups in total. The molecule has 0 amide bonds. The van der Waals surface area contributed by atoms with E-state index in [0.717, 1.165) is 35.6 Å². The van der Waals surface area contributed by atoms with Crippen LogP contribution in [0.4, 0.5) is 11.6 Å². The topological polar surface area (TPSA) is 78.3 Å². The van der Waals surface area contributed by atoms with Gasteiger partial charge >= 0.3 is 5.97 Å². The Morgan fingerprint density at radius 2 is 2.11 bits per heavy atom. The molecule has 0 fully saturated rings. The second-order valence-electron chi connectivity index (χ2n) is 6.13. The quantitative estimate of drug-likeness (QED) is 0.700. The maximum absolute atomic E-state index is 12.2. The zero-order valence-corrected chi connectivity index (χ0v) is 15.2. The lowest BCUT2D eigenvalue weighted by atomic mass is 10.0. The summed E-state index contributed by atoms with van der Waals surface area (Å²) in [5.74, 6) is 1.66. The van der Waals surface area contributed by atoms with Crippen LogP contribution in [0.15, 0.2) is 42.7 Å². The first-order valence-electron chi connectivity index (χ1n) is 8.85. The van der Waals surface area contributed by atoms with Crippen molar-refractivity contribution in [2.75, 3.05) is 19.0 Å². The number of carbonyl (C=O) groups excluding carboxylic acids is 1. The van der Waals surface area contributed by atoms with E-state index in [1.54, 1.807) is 20.1 Å². The lowest BCUT2D eigenvalue weighted by Gasteiger charge is -2.20. The molecule has 138 valence electrons. The van der Waals surface area contributed by atoms with Crippen molar-refractivity contribution >= 4 is 17.6 Å². The molecular formula is C20H20N4O3. The summed E-state index contributed by atoms with van der Waals surface area (Å²) in [7, 11) is 1.62. The van der Waals surface area contributed by atoms with Gasteiger partial charge < -0.3 is 19.4 Å². The molecule has 0 radical (unpaired) electrons. The van der Waals surface area contributed by atoms with E-state index in [1.807, 2.05) is 41.2 Å². The number of aromatic nitrogens is 3. The summed E-state index contributed by atoms with van der Waals surface area (Å²) >= 11 is 0. The number of nitrogens with zero attached hydrogens (tertiary/aromatic N) is 3. The van der Waals surface area contributed by atoms with Gasteiger partial charge in [-0.25, -0.2) is 9.78 Å².